The molecule has 0 bridgehead atoms. The number of β-amino-alcohol motifs (C(OH)–C–C–N with tert-alkyl or cyclic N) is 1. The lowest BCUT2D eigenvalue weighted by Gasteiger charge is -2.35. The van der Waals surface area contributed by atoms with Crippen LogP contribution in [0.15, 0.2) is 30.3 Å². The van der Waals surface area contributed by atoms with Crippen LogP contribution >= 0.6 is 0 Å². The lowest BCUT2D eigenvalue weighted by Crippen LogP contribution is -2.52. The fourth-order valence-electron chi connectivity index (χ4n) is 2.69. The first-order valence-corrected chi connectivity index (χ1v) is 7.77. The molecule has 1 fully saturated rings. The Bertz CT molecular complexity index is 463. The van der Waals surface area contributed by atoms with Crippen molar-refractivity contribution in [3.05, 3.63) is 35.9 Å². The van der Waals surface area contributed by atoms with Gasteiger partial charge in [0.2, 0.25) is 0 Å². The quantitative estimate of drug-likeness (QED) is 0.899. The maximum absolute atomic E-state index is 12.3. The third-order valence-electron chi connectivity index (χ3n) is 4.63. The molecule has 0 aromatic heterocycles. The number of likely N-dealkylation sites (tertiary alicyclic amines) is 1. The van der Waals surface area contributed by atoms with E-state index in [4.69, 9.17) is 0 Å². The van der Waals surface area contributed by atoms with E-state index in [1.54, 1.807) is 4.90 Å². The number of hydrogen-bond acceptors (Lipinski definition) is 2. The first kappa shape index (κ1) is 15.8. The smallest absolute Gasteiger partial charge is 0.317 e. The predicted octanol–water partition coefficient (Wildman–Crippen LogP) is 2.59. The van der Waals surface area contributed by atoms with Gasteiger partial charge in [-0.2, -0.15) is 0 Å². The molecule has 4 nitrogen and oxygen atoms in total. The first-order valence-electron chi connectivity index (χ1n) is 7.77. The lowest BCUT2D eigenvalue weighted by atomic mass is 9.94. The molecule has 2 rings (SSSR count). The molecule has 0 radical (unpaired) electrons. The number of benzene rings is 1. The van der Waals surface area contributed by atoms with E-state index in [-0.39, 0.29) is 23.9 Å². The van der Waals surface area contributed by atoms with Gasteiger partial charge < -0.3 is 15.3 Å². The van der Waals surface area contributed by atoms with Gasteiger partial charge in [0.25, 0.3) is 0 Å². The highest BCUT2D eigenvalue weighted by atomic mass is 16.3. The maximum atomic E-state index is 12.3. The molecule has 1 aliphatic heterocycles. The number of carbonyl (C=O) groups excluding carboxylic acids is 1. The van der Waals surface area contributed by atoms with Crippen molar-refractivity contribution in [1.82, 2.24) is 10.2 Å². The normalized spacial score (nSPS) is 25.2. The van der Waals surface area contributed by atoms with Crippen LogP contribution in [-0.2, 0) is 0 Å². The van der Waals surface area contributed by atoms with E-state index in [1.165, 1.54) is 5.56 Å². The topological polar surface area (TPSA) is 52.6 Å². The molecule has 21 heavy (non-hydrogen) atoms. The minimum Gasteiger partial charge on any atom is -0.391 e. The van der Waals surface area contributed by atoms with Crippen molar-refractivity contribution in [1.29, 1.82) is 0 Å². The third-order valence-corrected chi connectivity index (χ3v) is 4.63. The van der Waals surface area contributed by atoms with Crippen molar-refractivity contribution >= 4 is 6.03 Å². The Labute approximate surface area is 127 Å². The zero-order chi connectivity index (χ0) is 15.4. The van der Waals surface area contributed by atoms with Crippen molar-refractivity contribution < 1.29 is 9.90 Å². The van der Waals surface area contributed by atoms with Gasteiger partial charge in [-0.1, -0.05) is 44.2 Å². The van der Waals surface area contributed by atoms with Crippen LogP contribution in [0.1, 0.15) is 38.7 Å². The van der Waals surface area contributed by atoms with Crippen molar-refractivity contribution in [2.75, 3.05) is 13.1 Å². The second-order valence-corrected chi connectivity index (χ2v) is 6.22. The van der Waals surface area contributed by atoms with Crippen LogP contribution in [0.3, 0.4) is 0 Å². The molecular formula is C17H26N2O2. The van der Waals surface area contributed by atoms with Gasteiger partial charge in [-0.15, -0.1) is 0 Å². The third kappa shape index (κ3) is 3.97. The van der Waals surface area contributed by atoms with E-state index >= 15 is 0 Å². The van der Waals surface area contributed by atoms with Gasteiger partial charge in [-0.25, -0.2) is 4.79 Å². The van der Waals surface area contributed by atoms with E-state index in [0.29, 0.717) is 6.54 Å². The second kappa shape index (κ2) is 6.94. The summed E-state index contributed by atoms with van der Waals surface area (Å²) >= 11 is 0. The highest BCUT2D eigenvalue weighted by Crippen LogP contribution is 2.20. The van der Waals surface area contributed by atoms with Crippen LogP contribution in [0.5, 0.6) is 0 Å². The van der Waals surface area contributed by atoms with Crippen molar-refractivity contribution in [2.45, 2.75) is 45.3 Å². The van der Waals surface area contributed by atoms with Crippen LogP contribution in [0.2, 0.25) is 0 Å². The summed E-state index contributed by atoms with van der Waals surface area (Å²) in [6.07, 6.45) is 0.448. The SMILES string of the molecule is CC1CCN(C(=O)NC(C)C(C)c2ccccc2)CC1O. The highest BCUT2D eigenvalue weighted by molar-refractivity contribution is 5.74. The summed E-state index contributed by atoms with van der Waals surface area (Å²) in [6.45, 7) is 7.32. The molecule has 1 aliphatic rings. The summed E-state index contributed by atoms with van der Waals surface area (Å²) < 4.78 is 0. The largest absolute Gasteiger partial charge is 0.391 e. The molecule has 1 heterocycles. The second-order valence-electron chi connectivity index (χ2n) is 6.22. The molecule has 116 valence electrons. The average molecular weight is 290 g/mol. The molecule has 4 atom stereocenters. The number of urea groups is 1. The molecule has 2 amide bonds. The standard InChI is InChI=1S/C17H26N2O2/c1-12-9-10-19(11-16(12)20)17(21)18-14(3)13(2)15-7-5-4-6-8-15/h4-8,12-14,16,20H,9-11H2,1-3H3,(H,18,21). The lowest BCUT2D eigenvalue weighted by molar-refractivity contribution is 0.0429. The number of rotatable bonds is 3. The Hall–Kier alpha value is -1.55. The summed E-state index contributed by atoms with van der Waals surface area (Å²) in [5.41, 5.74) is 1.22. The van der Waals surface area contributed by atoms with Gasteiger partial charge in [0, 0.05) is 25.0 Å². The molecular weight excluding hydrogens is 264 g/mol. The fourth-order valence-corrected chi connectivity index (χ4v) is 2.69. The van der Waals surface area contributed by atoms with E-state index in [0.717, 1.165) is 13.0 Å². The number of nitrogens with zero attached hydrogens (tertiary/aromatic N) is 1. The van der Waals surface area contributed by atoms with Gasteiger partial charge in [-0.05, 0) is 24.8 Å². The van der Waals surface area contributed by atoms with E-state index in [2.05, 4.69) is 24.4 Å². The average Bonchev–Trinajstić information content (AvgIpc) is 2.50. The molecule has 0 aliphatic carbocycles. The summed E-state index contributed by atoms with van der Waals surface area (Å²) in [6, 6.07) is 10.2. The predicted molar refractivity (Wildman–Crippen MR) is 84.2 cm³/mol. The Kier molecular flexibility index (Phi) is 5.23. The minimum atomic E-state index is -0.411. The molecule has 2 N–H and O–H groups in total. The van der Waals surface area contributed by atoms with Gasteiger partial charge in [0.05, 0.1) is 6.10 Å². The van der Waals surface area contributed by atoms with Crippen LogP contribution < -0.4 is 5.32 Å². The van der Waals surface area contributed by atoms with Gasteiger partial charge in [0.15, 0.2) is 0 Å². The van der Waals surface area contributed by atoms with Crippen molar-refractivity contribution in [3.8, 4) is 0 Å². The minimum absolute atomic E-state index is 0.0522. The van der Waals surface area contributed by atoms with E-state index in [1.807, 2.05) is 32.0 Å². The molecule has 1 aromatic carbocycles. The van der Waals surface area contributed by atoms with Crippen LogP contribution in [-0.4, -0.2) is 41.3 Å². The summed E-state index contributed by atoms with van der Waals surface area (Å²) in [5, 5.41) is 13.0. The van der Waals surface area contributed by atoms with Gasteiger partial charge in [0.1, 0.15) is 0 Å². The Morgan fingerprint density at radius 3 is 2.62 bits per heavy atom. The molecule has 1 aromatic rings. The Balaban J connectivity index is 1.90. The monoisotopic (exact) mass is 290 g/mol. The first-order chi connectivity index (χ1) is 9.99. The molecule has 0 spiro atoms. The number of nitrogens with one attached hydrogen (secondary N) is 1. The maximum Gasteiger partial charge on any atom is 0.317 e. The number of hydrogen-bond donors (Lipinski definition) is 2. The highest BCUT2D eigenvalue weighted by Gasteiger charge is 2.28. The van der Waals surface area contributed by atoms with E-state index < -0.39 is 6.10 Å². The van der Waals surface area contributed by atoms with Crippen LogP contribution in [0.25, 0.3) is 0 Å². The number of carbonyl (C=O) groups is 1. The Morgan fingerprint density at radius 1 is 1.33 bits per heavy atom. The summed E-state index contributed by atoms with van der Waals surface area (Å²) in [5.74, 6) is 0.526. The molecule has 4 unspecified atom stereocenters. The zero-order valence-corrected chi connectivity index (χ0v) is 13.1. The van der Waals surface area contributed by atoms with Gasteiger partial charge in [-0.3, -0.25) is 0 Å². The van der Waals surface area contributed by atoms with Crippen LogP contribution in [0.4, 0.5) is 4.79 Å². The van der Waals surface area contributed by atoms with Gasteiger partial charge >= 0.3 is 6.03 Å². The van der Waals surface area contributed by atoms with E-state index in [9.17, 15) is 9.90 Å². The Morgan fingerprint density at radius 2 is 2.00 bits per heavy atom. The zero-order valence-electron chi connectivity index (χ0n) is 13.1. The fraction of sp³-hybridized carbons (Fsp3) is 0.588. The van der Waals surface area contributed by atoms with Crippen molar-refractivity contribution in [3.63, 3.8) is 0 Å². The number of aliphatic hydroxyl groups excluding tert-OH is 1. The molecule has 1 saturated heterocycles. The molecule has 0 saturated carbocycles. The number of aliphatic hydroxyl groups is 1. The molecule has 4 heteroatoms. The number of amides is 2. The number of piperidine rings is 1. The van der Waals surface area contributed by atoms with Crippen LogP contribution in [0, 0.1) is 5.92 Å². The van der Waals surface area contributed by atoms with Crippen molar-refractivity contribution in [2.24, 2.45) is 5.92 Å². The summed E-state index contributed by atoms with van der Waals surface area (Å²) in [7, 11) is 0. The summed E-state index contributed by atoms with van der Waals surface area (Å²) in [4.78, 5) is 14.0.